The number of halogens is 1. The predicted octanol–water partition coefficient (Wildman–Crippen LogP) is -0.532. The summed E-state index contributed by atoms with van der Waals surface area (Å²) < 4.78 is 14.8. The minimum atomic E-state index is -1.07. The summed E-state index contributed by atoms with van der Waals surface area (Å²) in [5.41, 5.74) is 5.28. The molecule has 1 atom stereocenters. The van der Waals surface area contributed by atoms with Gasteiger partial charge in [0.2, 0.25) is 0 Å². The molecule has 2 heterocycles. The van der Waals surface area contributed by atoms with E-state index in [0.29, 0.717) is 0 Å². The number of amides is 1. The highest BCUT2D eigenvalue weighted by atomic mass is 19.1. The fourth-order valence-electron chi connectivity index (χ4n) is 1.80. The van der Waals surface area contributed by atoms with Gasteiger partial charge in [-0.1, -0.05) is 0 Å². The van der Waals surface area contributed by atoms with Crippen molar-refractivity contribution in [2.75, 3.05) is 6.61 Å². The van der Waals surface area contributed by atoms with Gasteiger partial charge in [-0.15, -0.1) is 0 Å². The quantitative estimate of drug-likeness (QED) is 0.681. The maximum absolute atomic E-state index is 13.7. The van der Waals surface area contributed by atoms with E-state index in [4.69, 9.17) is 10.8 Å². The Hall–Kier alpha value is -1.99. The number of hydrogen-bond acceptors (Lipinski definition) is 4. The van der Waals surface area contributed by atoms with E-state index in [2.05, 4.69) is 5.10 Å². The van der Waals surface area contributed by atoms with E-state index < -0.39 is 24.4 Å². The van der Waals surface area contributed by atoms with Gasteiger partial charge in [0.25, 0.3) is 5.91 Å². The molecule has 0 saturated carbocycles. The monoisotopic (exact) mass is 253 g/mol. The lowest BCUT2D eigenvalue weighted by atomic mass is 10.1. The van der Waals surface area contributed by atoms with Crippen LogP contribution >= 0.6 is 0 Å². The lowest BCUT2D eigenvalue weighted by Crippen LogP contribution is -2.19. The van der Waals surface area contributed by atoms with E-state index in [9.17, 15) is 14.3 Å². The Bertz CT molecular complexity index is 596. The van der Waals surface area contributed by atoms with Gasteiger partial charge < -0.3 is 15.9 Å². The van der Waals surface area contributed by atoms with Crippen LogP contribution in [0.15, 0.2) is 18.3 Å². The predicted molar refractivity (Wildman–Crippen MR) is 60.5 cm³/mol. The van der Waals surface area contributed by atoms with Crippen LogP contribution in [-0.2, 0) is 6.42 Å². The van der Waals surface area contributed by atoms with E-state index in [0.717, 1.165) is 0 Å². The molecule has 0 spiro atoms. The molecule has 0 unspecified atom stereocenters. The van der Waals surface area contributed by atoms with Crippen molar-refractivity contribution in [3.8, 4) is 0 Å². The Morgan fingerprint density at radius 2 is 2.33 bits per heavy atom. The number of nitrogens with two attached hydrogens (primary N) is 1. The van der Waals surface area contributed by atoms with E-state index >= 15 is 0 Å². The Labute approximate surface area is 101 Å². The van der Waals surface area contributed by atoms with Crippen LogP contribution in [0.3, 0.4) is 0 Å². The summed E-state index contributed by atoms with van der Waals surface area (Å²) in [5, 5.41) is 22.1. The number of carbonyl (C=O) groups is 1. The van der Waals surface area contributed by atoms with Crippen LogP contribution in [0.4, 0.5) is 4.39 Å². The molecule has 0 aliphatic heterocycles. The van der Waals surface area contributed by atoms with Gasteiger partial charge in [0, 0.05) is 12.6 Å². The van der Waals surface area contributed by atoms with Gasteiger partial charge in [-0.05, 0) is 12.1 Å². The van der Waals surface area contributed by atoms with Crippen LogP contribution < -0.4 is 5.73 Å². The number of carbonyl (C=O) groups excluding carboxylic acids is 1. The molecule has 4 N–H and O–H groups in total. The Kier molecular flexibility index (Phi) is 3.26. The van der Waals surface area contributed by atoms with Crippen LogP contribution in [0.25, 0.3) is 5.52 Å². The van der Waals surface area contributed by atoms with Crippen LogP contribution in [0, 0.1) is 5.82 Å². The molecular formula is C11H12FN3O3. The van der Waals surface area contributed by atoms with Gasteiger partial charge >= 0.3 is 0 Å². The maximum atomic E-state index is 13.7. The first-order chi connectivity index (χ1) is 8.54. The molecule has 96 valence electrons. The van der Waals surface area contributed by atoms with Crippen molar-refractivity contribution >= 4 is 11.4 Å². The largest absolute Gasteiger partial charge is 0.394 e. The summed E-state index contributed by atoms with van der Waals surface area (Å²) in [4.78, 5) is 11.4. The van der Waals surface area contributed by atoms with E-state index in [-0.39, 0.29) is 23.2 Å². The van der Waals surface area contributed by atoms with Crippen LogP contribution in [0.5, 0.6) is 0 Å². The molecule has 2 rings (SSSR count). The summed E-state index contributed by atoms with van der Waals surface area (Å²) in [5.74, 6) is -1.45. The van der Waals surface area contributed by atoms with Crippen LogP contribution in [-0.4, -0.2) is 38.4 Å². The molecule has 2 aromatic rings. The van der Waals surface area contributed by atoms with Crippen molar-refractivity contribution in [1.82, 2.24) is 9.61 Å². The second kappa shape index (κ2) is 4.71. The van der Waals surface area contributed by atoms with E-state index in [1.54, 1.807) is 0 Å². The summed E-state index contributed by atoms with van der Waals surface area (Å²) >= 11 is 0. The summed E-state index contributed by atoms with van der Waals surface area (Å²) in [6, 6.07) is 2.63. The number of hydrogen-bond donors (Lipinski definition) is 3. The third-order valence-corrected chi connectivity index (χ3v) is 2.57. The van der Waals surface area contributed by atoms with Crippen molar-refractivity contribution in [1.29, 1.82) is 0 Å². The molecular weight excluding hydrogens is 241 g/mol. The topological polar surface area (TPSA) is 101 Å². The lowest BCUT2D eigenvalue weighted by Gasteiger charge is -2.04. The highest BCUT2D eigenvalue weighted by Crippen LogP contribution is 2.19. The highest BCUT2D eigenvalue weighted by Gasteiger charge is 2.21. The van der Waals surface area contributed by atoms with E-state index in [1.807, 2.05) is 0 Å². The molecule has 0 fully saturated rings. The van der Waals surface area contributed by atoms with Gasteiger partial charge in [-0.2, -0.15) is 5.10 Å². The first-order valence-electron chi connectivity index (χ1n) is 5.29. The molecule has 0 radical (unpaired) electrons. The molecule has 2 aromatic heterocycles. The summed E-state index contributed by atoms with van der Waals surface area (Å²) in [6.07, 6.45) is 0.325. The first-order valence-corrected chi connectivity index (χ1v) is 5.29. The van der Waals surface area contributed by atoms with Gasteiger partial charge in [-0.3, -0.25) is 4.79 Å². The smallest absolute Gasteiger partial charge is 0.252 e. The van der Waals surface area contributed by atoms with Crippen molar-refractivity contribution in [3.05, 3.63) is 35.4 Å². The average Bonchev–Trinajstić information content (AvgIpc) is 2.68. The molecule has 0 aliphatic rings. The Balaban J connectivity index is 2.62. The van der Waals surface area contributed by atoms with Gasteiger partial charge in [0.1, 0.15) is 11.3 Å². The van der Waals surface area contributed by atoms with Gasteiger partial charge in [0.05, 0.1) is 24.0 Å². The zero-order chi connectivity index (χ0) is 13.3. The summed E-state index contributed by atoms with van der Waals surface area (Å²) in [6.45, 7) is -0.478. The zero-order valence-electron chi connectivity index (χ0n) is 9.38. The molecule has 0 aliphatic carbocycles. The van der Waals surface area contributed by atoms with Crippen LogP contribution in [0.1, 0.15) is 16.1 Å². The van der Waals surface area contributed by atoms with Gasteiger partial charge in [0.15, 0.2) is 0 Å². The SMILES string of the molecule is NC(=O)c1c(C[C@H](O)CO)nn2cccc(F)c12. The van der Waals surface area contributed by atoms with Crippen molar-refractivity contribution in [2.45, 2.75) is 12.5 Å². The number of aliphatic hydroxyl groups is 2. The van der Waals surface area contributed by atoms with Crippen molar-refractivity contribution < 1.29 is 19.4 Å². The molecule has 0 bridgehead atoms. The number of rotatable bonds is 4. The minimum absolute atomic E-state index is 0.0230. The fourth-order valence-corrected chi connectivity index (χ4v) is 1.80. The molecule has 6 nitrogen and oxygen atoms in total. The third-order valence-electron chi connectivity index (χ3n) is 2.57. The number of nitrogens with zero attached hydrogens (tertiary/aromatic N) is 2. The van der Waals surface area contributed by atoms with Crippen molar-refractivity contribution in [2.24, 2.45) is 5.73 Å². The molecule has 18 heavy (non-hydrogen) atoms. The Morgan fingerprint density at radius 3 is 2.94 bits per heavy atom. The molecule has 1 amide bonds. The zero-order valence-corrected chi connectivity index (χ0v) is 9.38. The normalized spacial score (nSPS) is 12.8. The van der Waals surface area contributed by atoms with Crippen LogP contribution in [0.2, 0.25) is 0 Å². The third kappa shape index (κ3) is 2.05. The average molecular weight is 253 g/mol. The van der Waals surface area contributed by atoms with Gasteiger partial charge in [-0.25, -0.2) is 8.91 Å². The lowest BCUT2D eigenvalue weighted by molar-refractivity contribution is 0.0934. The number of fused-ring (bicyclic) bond motifs is 1. The standard InChI is InChI=1S/C11H12FN3O3/c12-7-2-1-3-15-10(7)9(11(13)18)8(14-15)4-6(17)5-16/h1-3,6,16-17H,4-5H2,(H2,13,18)/t6-/m0/s1. The summed E-state index contributed by atoms with van der Waals surface area (Å²) in [7, 11) is 0. The second-order valence-corrected chi connectivity index (χ2v) is 3.88. The number of aromatic nitrogens is 2. The number of aliphatic hydroxyl groups excluding tert-OH is 2. The van der Waals surface area contributed by atoms with E-state index in [1.165, 1.54) is 22.8 Å². The van der Waals surface area contributed by atoms with Crippen molar-refractivity contribution in [3.63, 3.8) is 0 Å². The number of primary amides is 1. The maximum Gasteiger partial charge on any atom is 0.252 e. The Morgan fingerprint density at radius 1 is 1.61 bits per heavy atom. The first kappa shape index (κ1) is 12.5. The minimum Gasteiger partial charge on any atom is -0.394 e. The molecule has 0 aromatic carbocycles. The molecule has 0 saturated heterocycles. The molecule has 7 heteroatoms. The number of pyridine rings is 1. The fraction of sp³-hybridized carbons (Fsp3) is 0.273. The second-order valence-electron chi connectivity index (χ2n) is 3.88. The highest BCUT2D eigenvalue weighted by molar-refractivity contribution is 6.01.